The van der Waals surface area contributed by atoms with Crippen LogP contribution in [0.5, 0.6) is 0 Å². The van der Waals surface area contributed by atoms with Gasteiger partial charge in [-0.3, -0.25) is 20.2 Å². The lowest BCUT2D eigenvalue weighted by atomic mass is 10.1. The standard InChI is InChI=1S/C12H9N3O3S/c16-11(14-12-13-7-8-19-12)6-5-9-3-1-2-4-10(9)15(17)18/h1-8H,(H,13,14,16)/b6-5+. The van der Waals surface area contributed by atoms with Gasteiger partial charge in [0.25, 0.3) is 5.69 Å². The lowest BCUT2D eigenvalue weighted by molar-refractivity contribution is -0.385. The minimum atomic E-state index is -0.488. The number of carbonyl (C=O) groups is 1. The fraction of sp³-hybridized carbons (Fsp3) is 0. The number of carbonyl (C=O) groups excluding carboxylic acids is 1. The van der Waals surface area contributed by atoms with Crippen LogP contribution in [0.15, 0.2) is 41.9 Å². The Kier molecular flexibility index (Phi) is 3.99. The van der Waals surface area contributed by atoms with E-state index in [-0.39, 0.29) is 11.6 Å². The molecule has 0 spiro atoms. The van der Waals surface area contributed by atoms with Crippen LogP contribution in [0.25, 0.3) is 6.08 Å². The van der Waals surface area contributed by atoms with Gasteiger partial charge in [0, 0.05) is 23.7 Å². The fourth-order valence-electron chi connectivity index (χ4n) is 1.39. The first kappa shape index (κ1) is 12.9. The Morgan fingerprint density at radius 3 is 2.89 bits per heavy atom. The van der Waals surface area contributed by atoms with Crippen molar-refractivity contribution < 1.29 is 9.72 Å². The van der Waals surface area contributed by atoms with E-state index >= 15 is 0 Å². The van der Waals surface area contributed by atoms with Crippen molar-refractivity contribution in [1.82, 2.24) is 4.98 Å². The quantitative estimate of drug-likeness (QED) is 0.528. The number of nitrogens with zero attached hydrogens (tertiary/aromatic N) is 2. The van der Waals surface area contributed by atoms with E-state index in [0.717, 1.165) is 0 Å². The molecule has 0 aliphatic carbocycles. The van der Waals surface area contributed by atoms with Gasteiger partial charge in [0.15, 0.2) is 5.13 Å². The molecule has 6 nitrogen and oxygen atoms in total. The zero-order chi connectivity index (χ0) is 13.7. The monoisotopic (exact) mass is 275 g/mol. The van der Waals surface area contributed by atoms with E-state index < -0.39 is 4.92 Å². The topological polar surface area (TPSA) is 85.1 Å². The van der Waals surface area contributed by atoms with Crippen molar-refractivity contribution in [3.05, 3.63) is 57.6 Å². The Morgan fingerprint density at radius 1 is 1.42 bits per heavy atom. The first-order valence-electron chi connectivity index (χ1n) is 5.29. The lowest BCUT2D eigenvalue weighted by Gasteiger charge is -1.97. The molecule has 7 heteroatoms. The second kappa shape index (κ2) is 5.87. The summed E-state index contributed by atoms with van der Waals surface area (Å²) in [6.45, 7) is 0. The van der Waals surface area contributed by atoms with E-state index in [2.05, 4.69) is 10.3 Å². The molecule has 0 aliphatic heterocycles. The summed E-state index contributed by atoms with van der Waals surface area (Å²) in [7, 11) is 0. The fourth-order valence-corrected chi connectivity index (χ4v) is 1.92. The Bertz CT molecular complexity index is 623. The lowest BCUT2D eigenvalue weighted by Crippen LogP contribution is -2.07. The zero-order valence-electron chi connectivity index (χ0n) is 9.65. The largest absolute Gasteiger partial charge is 0.298 e. The van der Waals surface area contributed by atoms with Crippen LogP contribution in [0.1, 0.15) is 5.56 Å². The number of thiazole rings is 1. The van der Waals surface area contributed by atoms with Crippen LogP contribution in [0.2, 0.25) is 0 Å². The molecule has 1 amide bonds. The summed E-state index contributed by atoms with van der Waals surface area (Å²) >= 11 is 1.30. The number of nitro benzene ring substituents is 1. The Hall–Kier alpha value is -2.54. The number of benzene rings is 1. The van der Waals surface area contributed by atoms with Crippen molar-refractivity contribution in [2.75, 3.05) is 5.32 Å². The van der Waals surface area contributed by atoms with E-state index in [4.69, 9.17) is 0 Å². The van der Waals surface area contributed by atoms with Crippen molar-refractivity contribution in [1.29, 1.82) is 0 Å². The van der Waals surface area contributed by atoms with E-state index in [9.17, 15) is 14.9 Å². The number of rotatable bonds is 4. The highest BCUT2D eigenvalue weighted by Crippen LogP contribution is 2.19. The van der Waals surface area contributed by atoms with E-state index in [1.807, 2.05) is 0 Å². The molecule has 2 rings (SSSR count). The molecule has 2 aromatic rings. The third-order valence-corrected chi connectivity index (χ3v) is 2.90. The molecule has 0 aliphatic rings. The smallest absolute Gasteiger partial charge is 0.276 e. The highest BCUT2D eigenvalue weighted by molar-refractivity contribution is 7.13. The average Bonchev–Trinajstić information content (AvgIpc) is 2.89. The van der Waals surface area contributed by atoms with Gasteiger partial charge >= 0.3 is 0 Å². The molecule has 0 saturated carbocycles. The van der Waals surface area contributed by atoms with Crippen LogP contribution >= 0.6 is 11.3 Å². The van der Waals surface area contributed by atoms with Gasteiger partial charge in [-0.2, -0.15) is 0 Å². The molecule has 19 heavy (non-hydrogen) atoms. The molecule has 0 bridgehead atoms. The number of anilines is 1. The first-order valence-corrected chi connectivity index (χ1v) is 6.17. The second-order valence-corrected chi connectivity index (χ2v) is 4.37. The first-order chi connectivity index (χ1) is 9.16. The van der Waals surface area contributed by atoms with Gasteiger partial charge in [-0.25, -0.2) is 4.98 Å². The van der Waals surface area contributed by atoms with Gasteiger partial charge in [-0.1, -0.05) is 12.1 Å². The normalized spacial score (nSPS) is 10.5. The number of nitro groups is 1. The molecule has 1 N–H and O–H groups in total. The molecule has 1 heterocycles. The third-order valence-electron chi connectivity index (χ3n) is 2.21. The minimum Gasteiger partial charge on any atom is -0.298 e. The highest BCUT2D eigenvalue weighted by atomic mass is 32.1. The zero-order valence-corrected chi connectivity index (χ0v) is 10.5. The molecule has 1 aromatic heterocycles. The summed E-state index contributed by atoms with van der Waals surface area (Å²) in [5.41, 5.74) is 0.336. The van der Waals surface area contributed by atoms with E-state index in [1.54, 1.807) is 29.8 Å². The predicted octanol–water partition coefficient (Wildman–Crippen LogP) is 2.70. The maximum atomic E-state index is 11.6. The van der Waals surface area contributed by atoms with Crippen molar-refractivity contribution in [2.24, 2.45) is 0 Å². The number of amides is 1. The number of nitrogens with one attached hydrogen (secondary N) is 1. The van der Waals surface area contributed by atoms with E-state index in [0.29, 0.717) is 10.7 Å². The molecule has 0 fully saturated rings. The Morgan fingerprint density at radius 2 is 2.21 bits per heavy atom. The molecule has 0 saturated heterocycles. The maximum Gasteiger partial charge on any atom is 0.276 e. The van der Waals surface area contributed by atoms with Crippen LogP contribution in [-0.4, -0.2) is 15.8 Å². The summed E-state index contributed by atoms with van der Waals surface area (Å²) in [5, 5.41) is 15.6. The predicted molar refractivity (Wildman–Crippen MR) is 72.9 cm³/mol. The molecule has 1 aromatic carbocycles. The van der Waals surface area contributed by atoms with Crippen LogP contribution in [0.3, 0.4) is 0 Å². The van der Waals surface area contributed by atoms with Crippen LogP contribution < -0.4 is 5.32 Å². The Labute approximate surface area is 112 Å². The van der Waals surface area contributed by atoms with Gasteiger partial charge < -0.3 is 0 Å². The second-order valence-electron chi connectivity index (χ2n) is 3.48. The molecular formula is C12H9N3O3S. The average molecular weight is 275 g/mol. The summed E-state index contributed by atoms with van der Waals surface area (Å²) in [6.07, 6.45) is 4.22. The number of para-hydroxylation sites is 1. The molecule has 0 radical (unpaired) electrons. The highest BCUT2D eigenvalue weighted by Gasteiger charge is 2.09. The Balaban J connectivity index is 2.10. The summed E-state index contributed by atoms with van der Waals surface area (Å²) in [5.74, 6) is -0.381. The van der Waals surface area contributed by atoms with Crippen LogP contribution in [-0.2, 0) is 4.79 Å². The molecule has 96 valence electrons. The molecular weight excluding hydrogens is 266 g/mol. The van der Waals surface area contributed by atoms with Crippen molar-refractivity contribution >= 4 is 34.1 Å². The molecule has 0 unspecified atom stereocenters. The molecule has 0 atom stereocenters. The van der Waals surface area contributed by atoms with Gasteiger partial charge in [-0.05, 0) is 12.1 Å². The number of hydrogen-bond donors (Lipinski definition) is 1. The summed E-state index contributed by atoms with van der Waals surface area (Å²) in [4.78, 5) is 25.8. The minimum absolute atomic E-state index is 0.0409. The van der Waals surface area contributed by atoms with Gasteiger partial charge in [0.05, 0.1) is 10.5 Å². The SMILES string of the molecule is O=C(/C=C/c1ccccc1[N+](=O)[O-])Nc1nccs1. The number of aromatic nitrogens is 1. The third kappa shape index (κ3) is 3.46. The summed E-state index contributed by atoms with van der Waals surface area (Å²) < 4.78 is 0. The van der Waals surface area contributed by atoms with E-state index in [1.165, 1.54) is 29.6 Å². The van der Waals surface area contributed by atoms with Gasteiger partial charge in [-0.15, -0.1) is 11.3 Å². The van der Waals surface area contributed by atoms with Gasteiger partial charge in [0.2, 0.25) is 5.91 Å². The number of hydrogen-bond acceptors (Lipinski definition) is 5. The van der Waals surface area contributed by atoms with Gasteiger partial charge in [0.1, 0.15) is 0 Å². The van der Waals surface area contributed by atoms with Crippen molar-refractivity contribution in [2.45, 2.75) is 0 Å². The van der Waals surface area contributed by atoms with Crippen LogP contribution in [0, 0.1) is 10.1 Å². The van der Waals surface area contributed by atoms with Crippen molar-refractivity contribution in [3.63, 3.8) is 0 Å². The summed E-state index contributed by atoms with van der Waals surface area (Å²) in [6, 6.07) is 6.21. The van der Waals surface area contributed by atoms with Crippen molar-refractivity contribution in [3.8, 4) is 0 Å². The van der Waals surface area contributed by atoms with Crippen LogP contribution in [0.4, 0.5) is 10.8 Å². The maximum absolute atomic E-state index is 11.6.